The molecule has 0 N–H and O–H groups in total. The van der Waals surface area contributed by atoms with Gasteiger partial charge in [-0.3, -0.25) is 0 Å². The van der Waals surface area contributed by atoms with Crippen LogP contribution in [0.5, 0.6) is 0 Å². The second-order valence-electron chi connectivity index (χ2n) is 7.41. The molecule has 2 heterocycles. The average Bonchev–Trinajstić information content (AvgIpc) is 2.80. The van der Waals surface area contributed by atoms with Gasteiger partial charge < -0.3 is 9.64 Å². The van der Waals surface area contributed by atoms with Gasteiger partial charge in [0.25, 0.3) is 0 Å². The van der Waals surface area contributed by atoms with Crippen LogP contribution in [0.15, 0.2) is 6.07 Å². The second-order valence-corrected chi connectivity index (χ2v) is 7.41. The SMILES string of the molecule is CC1(C)CN(c2nc3c(cc2C#N)CCC3)CC(C)(C)O1. The van der Waals surface area contributed by atoms with Gasteiger partial charge in [-0.2, -0.15) is 5.26 Å². The molecule has 21 heavy (non-hydrogen) atoms. The molecule has 1 aliphatic heterocycles. The van der Waals surface area contributed by atoms with E-state index in [1.54, 1.807) is 0 Å². The summed E-state index contributed by atoms with van der Waals surface area (Å²) in [5.41, 5.74) is 2.64. The van der Waals surface area contributed by atoms with Crippen molar-refractivity contribution in [3.63, 3.8) is 0 Å². The van der Waals surface area contributed by atoms with Crippen LogP contribution in [0.1, 0.15) is 50.9 Å². The molecule has 0 saturated carbocycles. The Hall–Kier alpha value is -1.60. The lowest BCUT2D eigenvalue weighted by molar-refractivity contribution is -0.133. The Kier molecular flexibility index (Phi) is 3.22. The summed E-state index contributed by atoms with van der Waals surface area (Å²) in [5.74, 6) is 0.836. The van der Waals surface area contributed by atoms with E-state index in [9.17, 15) is 5.26 Å². The van der Waals surface area contributed by atoms with Crippen LogP contribution < -0.4 is 4.90 Å². The van der Waals surface area contributed by atoms with Crippen LogP contribution in [0.3, 0.4) is 0 Å². The Labute approximate surface area is 126 Å². The van der Waals surface area contributed by atoms with E-state index in [-0.39, 0.29) is 11.2 Å². The number of anilines is 1. The Morgan fingerprint density at radius 1 is 1.19 bits per heavy atom. The van der Waals surface area contributed by atoms with Crippen molar-refractivity contribution in [2.75, 3.05) is 18.0 Å². The number of hydrogen-bond acceptors (Lipinski definition) is 4. The summed E-state index contributed by atoms with van der Waals surface area (Å²) in [4.78, 5) is 7.05. The minimum Gasteiger partial charge on any atom is -0.366 e. The van der Waals surface area contributed by atoms with Crippen molar-refractivity contribution in [1.29, 1.82) is 5.26 Å². The maximum Gasteiger partial charge on any atom is 0.147 e. The molecule has 0 amide bonds. The molecule has 1 aromatic rings. The number of nitriles is 1. The zero-order valence-corrected chi connectivity index (χ0v) is 13.4. The van der Waals surface area contributed by atoms with Crippen LogP contribution in [-0.4, -0.2) is 29.3 Å². The molecule has 0 bridgehead atoms. The van der Waals surface area contributed by atoms with Gasteiger partial charge in [-0.25, -0.2) is 4.98 Å². The molecule has 1 aliphatic carbocycles. The summed E-state index contributed by atoms with van der Waals surface area (Å²) in [7, 11) is 0. The monoisotopic (exact) mass is 285 g/mol. The number of aryl methyl sites for hydroxylation is 2. The maximum atomic E-state index is 9.49. The summed E-state index contributed by atoms with van der Waals surface area (Å²) in [6.45, 7) is 9.91. The molecular formula is C17H23N3O. The summed E-state index contributed by atoms with van der Waals surface area (Å²) < 4.78 is 6.13. The third-order valence-electron chi connectivity index (χ3n) is 4.15. The highest BCUT2D eigenvalue weighted by Gasteiger charge is 2.39. The summed E-state index contributed by atoms with van der Waals surface area (Å²) in [6.07, 6.45) is 3.24. The highest BCUT2D eigenvalue weighted by molar-refractivity contribution is 5.57. The molecule has 0 aromatic carbocycles. The lowest BCUT2D eigenvalue weighted by atomic mass is 9.98. The Morgan fingerprint density at radius 2 is 1.86 bits per heavy atom. The molecule has 0 radical (unpaired) electrons. The Balaban J connectivity index is 2.02. The summed E-state index contributed by atoms with van der Waals surface area (Å²) in [6, 6.07) is 4.37. The highest BCUT2D eigenvalue weighted by Crippen LogP contribution is 2.34. The van der Waals surface area contributed by atoms with E-state index in [0.717, 1.165) is 38.2 Å². The van der Waals surface area contributed by atoms with Gasteiger partial charge >= 0.3 is 0 Å². The predicted molar refractivity (Wildman–Crippen MR) is 82.4 cm³/mol. The molecule has 4 nitrogen and oxygen atoms in total. The third kappa shape index (κ3) is 2.75. The fraction of sp³-hybridized carbons (Fsp3) is 0.647. The van der Waals surface area contributed by atoms with E-state index in [0.29, 0.717) is 5.56 Å². The minimum absolute atomic E-state index is 0.241. The number of morpholine rings is 1. The summed E-state index contributed by atoms with van der Waals surface area (Å²) in [5, 5.41) is 9.49. The van der Waals surface area contributed by atoms with E-state index in [1.807, 2.05) is 6.07 Å². The molecule has 0 spiro atoms. The molecule has 0 atom stereocenters. The lowest BCUT2D eigenvalue weighted by Crippen LogP contribution is -2.57. The van der Waals surface area contributed by atoms with Crippen LogP contribution in [0.25, 0.3) is 0 Å². The number of nitrogens with zero attached hydrogens (tertiary/aromatic N) is 3. The standard InChI is InChI=1S/C17H23N3O/c1-16(2)10-20(11-17(3,4)21-16)15-13(9-18)8-12-6-5-7-14(12)19-15/h8H,5-7,10-11H2,1-4H3. The van der Waals surface area contributed by atoms with E-state index in [2.05, 4.69) is 38.7 Å². The van der Waals surface area contributed by atoms with E-state index >= 15 is 0 Å². The first kappa shape index (κ1) is 14.3. The molecule has 1 aromatic heterocycles. The first-order chi connectivity index (χ1) is 9.80. The van der Waals surface area contributed by atoms with Gasteiger partial charge in [-0.1, -0.05) is 0 Å². The molecule has 1 saturated heterocycles. The average molecular weight is 285 g/mol. The molecule has 112 valence electrons. The van der Waals surface area contributed by atoms with Gasteiger partial charge in [0.1, 0.15) is 11.9 Å². The van der Waals surface area contributed by atoms with Crippen LogP contribution in [0.2, 0.25) is 0 Å². The number of hydrogen-bond donors (Lipinski definition) is 0. The first-order valence-electron chi connectivity index (χ1n) is 7.68. The zero-order valence-electron chi connectivity index (χ0n) is 13.4. The van der Waals surface area contributed by atoms with Crippen molar-refractivity contribution < 1.29 is 4.74 Å². The third-order valence-corrected chi connectivity index (χ3v) is 4.15. The largest absolute Gasteiger partial charge is 0.366 e. The van der Waals surface area contributed by atoms with Gasteiger partial charge in [-0.05, 0) is 58.6 Å². The molecule has 0 unspecified atom stereocenters. The Bertz CT molecular complexity index is 597. The van der Waals surface area contributed by atoms with Crippen molar-refractivity contribution >= 4 is 5.82 Å². The fourth-order valence-corrected chi connectivity index (χ4v) is 3.72. The molecule has 2 aliphatic rings. The topological polar surface area (TPSA) is 49.2 Å². The van der Waals surface area contributed by atoms with Crippen molar-refractivity contribution in [1.82, 2.24) is 4.98 Å². The predicted octanol–water partition coefficient (Wildman–Crippen LogP) is 2.84. The molecule has 1 fully saturated rings. The summed E-state index contributed by atoms with van der Waals surface area (Å²) >= 11 is 0. The van der Waals surface area contributed by atoms with Crippen molar-refractivity contribution in [2.45, 2.75) is 58.2 Å². The van der Waals surface area contributed by atoms with Crippen LogP contribution in [0.4, 0.5) is 5.82 Å². The number of rotatable bonds is 1. The molecule has 3 rings (SSSR count). The van der Waals surface area contributed by atoms with E-state index < -0.39 is 0 Å². The molecule has 4 heteroatoms. The van der Waals surface area contributed by atoms with Crippen molar-refractivity contribution in [2.24, 2.45) is 0 Å². The van der Waals surface area contributed by atoms with E-state index in [4.69, 9.17) is 9.72 Å². The van der Waals surface area contributed by atoms with Crippen LogP contribution in [-0.2, 0) is 17.6 Å². The second kappa shape index (κ2) is 4.71. The molecular weight excluding hydrogens is 262 g/mol. The van der Waals surface area contributed by atoms with Gasteiger partial charge in [0.15, 0.2) is 0 Å². The normalized spacial score (nSPS) is 22.7. The van der Waals surface area contributed by atoms with Gasteiger partial charge in [-0.15, -0.1) is 0 Å². The highest BCUT2D eigenvalue weighted by atomic mass is 16.5. The number of pyridine rings is 1. The van der Waals surface area contributed by atoms with Crippen LogP contribution in [0, 0.1) is 11.3 Å². The quantitative estimate of drug-likeness (QED) is 0.796. The zero-order chi connectivity index (χ0) is 15.3. The van der Waals surface area contributed by atoms with E-state index in [1.165, 1.54) is 11.3 Å². The Morgan fingerprint density at radius 3 is 2.48 bits per heavy atom. The smallest absolute Gasteiger partial charge is 0.147 e. The minimum atomic E-state index is -0.241. The van der Waals surface area contributed by atoms with Crippen LogP contribution >= 0.6 is 0 Å². The van der Waals surface area contributed by atoms with Gasteiger partial charge in [0.2, 0.25) is 0 Å². The fourth-order valence-electron chi connectivity index (χ4n) is 3.72. The van der Waals surface area contributed by atoms with Gasteiger partial charge in [0.05, 0.1) is 16.8 Å². The van der Waals surface area contributed by atoms with Gasteiger partial charge in [0, 0.05) is 18.8 Å². The number of aromatic nitrogens is 1. The number of fused-ring (bicyclic) bond motifs is 1. The maximum absolute atomic E-state index is 9.49. The van der Waals surface area contributed by atoms with Crippen molar-refractivity contribution in [3.8, 4) is 6.07 Å². The number of ether oxygens (including phenoxy) is 1. The lowest BCUT2D eigenvalue weighted by Gasteiger charge is -2.47. The van der Waals surface area contributed by atoms with Crippen molar-refractivity contribution in [3.05, 3.63) is 22.9 Å². The first-order valence-corrected chi connectivity index (χ1v) is 7.68.